The number of hydrogen-bond donors (Lipinski definition) is 1. The number of amides is 1. The van der Waals surface area contributed by atoms with Crippen LogP contribution >= 0.6 is 11.3 Å². The zero-order valence-electron chi connectivity index (χ0n) is 17.4. The van der Waals surface area contributed by atoms with Crippen molar-refractivity contribution in [1.29, 1.82) is 0 Å². The maximum atomic E-state index is 13.6. The standard InChI is InChI=1S/C21H19N9OS/c1-12-4-3-6-30-16(12)8-15(27-30)18-17-14(22-11-23-17)5-7-29(18)21(31)20-26-25-19(32-20)13-9-24-28(2)10-13/h3-4,6,8-11,18H,5,7H2,1-2H3,(H,22,23)/t18-/m1/s1. The molecule has 1 amide bonds. The Hall–Kier alpha value is -3.86. The van der Waals surface area contributed by atoms with Gasteiger partial charge in [-0.3, -0.25) is 9.48 Å². The Morgan fingerprint density at radius 1 is 1.31 bits per heavy atom. The second-order valence-electron chi connectivity index (χ2n) is 7.82. The van der Waals surface area contributed by atoms with E-state index in [1.165, 1.54) is 11.3 Å². The van der Waals surface area contributed by atoms with Crippen molar-refractivity contribution >= 4 is 22.8 Å². The molecule has 0 spiro atoms. The van der Waals surface area contributed by atoms with Crippen molar-refractivity contribution in [3.05, 3.63) is 70.8 Å². The zero-order chi connectivity index (χ0) is 21.8. The van der Waals surface area contributed by atoms with Gasteiger partial charge in [0.1, 0.15) is 6.04 Å². The first-order valence-corrected chi connectivity index (χ1v) is 11.0. The third-order valence-corrected chi connectivity index (χ3v) is 6.72. The molecule has 0 bridgehead atoms. The lowest BCUT2D eigenvalue weighted by atomic mass is 9.99. The van der Waals surface area contributed by atoms with Gasteiger partial charge < -0.3 is 9.88 Å². The molecule has 6 heterocycles. The number of fused-ring (bicyclic) bond motifs is 2. The fraction of sp³-hybridized carbons (Fsp3) is 0.238. The SMILES string of the molecule is Cc1cccn2nc([C@@H]3c4nc[nH]c4CCN3C(=O)c3nnc(-c4cnn(C)c4)s3)cc12. The van der Waals surface area contributed by atoms with Crippen molar-refractivity contribution in [3.63, 3.8) is 0 Å². The number of aryl methyl sites for hydroxylation is 2. The van der Waals surface area contributed by atoms with Gasteiger partial charge in [0.2, 0.25) is 5.01 Å². The highest BCUT2D eigenvalue weighted by molar-refractivity contribution is 7.16. The van der Waals surface area contributed by atoms with Crippen LogP contribution in [0.2, 0.25) is 0 Å². The molecule has 0 radical (unpaired) electrons. The Bertz CT molecular complexity index is 1460. The highest BCUT2D eigenvalue weighted by Crippen LogP contribution is 2.35. The van der Waals surface area contributed by atoms with Crippen LogP contribution in [-0.4, -0.2) is 56.9 Å². The van der Waals surface area contributed by atoms with Crippen LogP contribution in [0.5, 0.6) is 0 Å². The molecule has 1 atom stereocenters. The van der Waals surface area contributed by atoms with Gasteiger partial charge >= 0.3 is 0 Å². The molecule has 0 aromatic carbocycles. The number of nitrogens with one attached hydrogen (secondary N) is 1. The van der Waals surface area contributed by atoms with E-state index in [0.717, 1.165) is 33.7 Å². The largest absolute Gasteiger partial charge is 0.348 e. The summed E-state index contributed by atoms with van der Waals surface area (Å²) in [5.41, 5.74) is 5.59. The Kier molecular flexibility index (Phi) is 4.18. The summed E-state index contributed by atoms with van der Waals surface area (Å²) in [7, 11) is 1.84. The number of carbonyl (C=O) groups excluding carboxylic acids is 1. The molecule has 0 saturated heterocycles. The predicted octanol–water partition coefficient (Wildman–Crippen LogP) is 2.41. The maximum Gasteiger partial charge on any atom is 0.285 e. The summed E-state index contributed by atoms with van der Waals surface area (Å²) in [6.45, 7) is 2.58. The Morgan fingerprint density at radius 2 is 2.22 bits per heavy atom. The third-order valence-electron chi connectivity index (χ3n) is 5.76. The molecule has 1 aliphatic rings. The summed E-state index contributed by atoms with van der Waals surface area (Å²) < 4.78 is 3.54. The molecule has 6 rings (SSSR count). The lowest BCUT2D eigenvalue weighted by Gasteiger charge is -2.33. The van der Waals surface area contributed by atoms with Gasteiger partial charge in [-0.25, -0.2) is 9.50 Å². The molecule has 1 N–H and O–H groups in total. The molecular formula is C21H19N9OS. The number of aromatic amines is 1. The zero-order valence-corrected chi connectivity index (χ0v) is 18.2. The van der Waals surface area contributed by atoms with E-state index in [1.54, 1.807) is 22.1 Å². The van der Waals surface area contributed by atoms with Gasteiger partial charge in [0.05, 0.1) is 35.0 Å². The minimum atomic E-state index is -0.400. The van der Waals surface area contributed by atoms with E-state index in [4.69, 9.17) is 5.10 Å². The van der Waals surface area contributed by atoms with Gasteiger partial charge in [-0.15, -0.1) is 10.2 Å². The lowest BCUT2D eigenvalue weighted by molar-refractivity contribution is 0.0685. The van der Waals surface area contributed by atoms with Gasteiger partial charge in [0, 0.05) is 38.1 Å². The predicted molar refractivity (Wildman–Crippen MR) is 117 cm³/mol. The van der Waals surface area contributed by atoms with E-state index in [9.17, 15) is 4.79 Å². The molecular weight excluding hydrogens is 426 g/mol. The highest BCUT2D eigenvalue weighted by atomic mass is 32.1. The summed E-state index contributed by atoms with van der Waals surface area (Å²) in [5.74, 6) is -0.176. The van der Waals surface area contributed by atoms with E-state index in [0.29, 0.717) is 23.0 Å². The summed E-state index contributed by atoms with van der Waals surface area (Å²) in [4.78, 5) is 23.1. The molecule has 0 fully saturated rings. The molecule has 10 nitrogen and oxygen atoms in total. The van der Waals surface area contributed by atoms with E-state index >= 15 is 0 Å². The number of nitrogens with zero attached hydrogens (tertiary/aromatic N) is 8. The van der Waals surface area contributed by atoms with E-state index in [2.05, 4.69) is 25.3 Å². The fourth-order valence-corrected chi connectivity index (χ4v) is 4.96. The molecule has 32 heavy (non-hydrogen) atoms. The molecule has 5 aromatic heterocycles. The molecule has 1 aliphatic heterocycles. The van der Waals surface area contributed by atoms with Crippen molar-refractivity contribution in [2.45, 2.75) is 19.4 Å². The van der Waals surface area contributed by atoms with Crippen LogP contribution in [0.15, 0.2) is 43.1 Å². The van der Waals surface area contributed by atoms with Crippen molar-refractivity contribution in [2.75, 3.05) is 6.54 Å². The molecule has 0 aliphatic carbocycles. The molecule has 11 heteroatoms. The van der Waals surface area contributed by atoms with Crippen LogP contribution in [0, 0.1) is 6.92 Å². The monoisotopic (exact) mass is 445 g/mol. The van der Waals surface area contributed by atoms with Gasteiger partial charge in [0.15, 0.2) is 5.01 Å². The highest BCUT2D eigenvalue weighted by Gasteiger charge is 2.37. The van der Waals surface area contributed by atoms with Crippen molar-refractivity contribution in [3.8, 4) is 10.6 Å². The van der Waals surface area contributed by atoms with Gasteiger partial charge in [-0.2, -0.15) is 10.2 Å². The van der Waals surface area contributed by atoms with Gasteiger partial charge in [0.25, 0.3) is 5.91 Å². The minimum absolute atomic E-state index is 0.176. The van der Waals surface area contributed by atoms with E-state index < -0.39 is 6.04 Å². The van der Waals surface area contributed by atoms with Crippen LogP contribution in [0.1, 0.15) is 38.5 Å². The van der Waals surface area contributed by atoms with E-state index in [1.807, 2.05) is 49.1 Å². The average Bonchev–Trinajstić information content (AvgIpc) is 3.57. The second-order valence-corrected chi connectivity index (χ2v) is 8.80. The summed E-state index contributed by atoms with van der Waals surface area (Å²) >= 11 is 1.27. The summed E-state index contributed by atoms with van der Waals surface area (Å²) in [6.07, 6.45) is 7.86. The van der Waals surface area contributed by atoms with Crippen molar-refractivity contribution < 1.29 is 4.79 Å². The lowest BCUT2D eigenvalue weighted by Crippen LogP contribution is -2.41. The first-order valence-electron chi connectivity index (χ1n) is 10.2. The number of imidazole rings is 1. The first kappa shape index (κ1) is 18.9. The van der Waals surface area contributed by atoms with Crippen LogP contribution in [0.4, 0.5) is 0 Å². The molecule has 160 valence electrons. The fourth-order valence-electron chi connectivity index (χ4n) is 4.19. The Morgan fingerprint density at radius 3 is 3.03 bits per heavy atom. The number of aromatic nitrogens is 8. The van der Waals surface area contributed by atoms with Crippen molar-refractivity contribution in [2.24, 2.45) is 7.05 Å². The second kappa shape index (κ2) is 7.09. The number of H-pyrrole nitrogens is 1. The van der Waals surface area contributed by atoms with Crippen LogP contribution < -0.4 is 0 Å². The third kappa shape index (κ3) is 2.93. The molecule has 0 unspecified atom stereocenters. The summed E-state index contributed by atoms with van der Waals surface area (Å²) in [6, 6.07) is 5.64. The normalized spacial score (nSPS) is 15.9. The smallest absolute Gasteiger partial charge is 0.285 e. The molecule has 0 saturated carbocycles. The summed E-state index contributed by atoms with van der Waals surface area (Å²) in [5, 5.41) is 18.4. The number of carbonyl (C=O) groups is 1. The van der Waals surface area contributed by atoms with Gasteiger partial charge in [-0.1, -0.05) is 17.4 Å². The van der Waals surface area contributed by atoms with Crippen LogP contribution in [-0.2, 0) is 13.5 Å². The Balaban J connectivity index is 1.41. The minimum Gasteiger partial charge on any atom is -0.348 e. The average molecular weight is 446 g/mol. The molecule has 5 aromatic rings. The quantitative estimate of drug-likeness (QED) is 0.457. The van der Waals surface area contributed by atoms with Crippen LogP contribution in [0.3, 0.4) is 0 Å². The topological polar surface area (TPSA) is 110 Å². The Labute approximate surface area is 186 Å². The van der Waals surface area contributed by atoms with Crippen molar-refractivity contribution in [1.82, 2.24) is 44.5 Å². The van der Waals surface area contributed by atoms with Crippen LogP contribution in [0.25, 0.3) is 16.1 Å². The first-order chi connectivity index (χ1) is 15.6. The number of hydrogen-bond acceptors (Lipinski definition) is 7. The van der Waals surface area contributed by atoms with E-state index in [-0.39, 0.29) is 5.91 Å². The number of rotatable bonds is 3. The number of pyridine rings is 1. The van der Waals surface area contributed by atoms with Gasteiger partial charge in [-0.05, 0) is 24.6 Å². The maximum absolute atomic E-state index is 13.6.